The van der Waals surface area contributed by atoms with Gasteiger partial charge in [0.2, 0.25) is 0 Å². The largest absolute Gasteiger partial charge is 0.399 e. The van der Waals surface area contributed by atoms with Crippen molar-refractivity contribution in [2.45, 2.75) is 40.7 Å². The number of carbonyl (C=O) groups excluding carboxylic acids is 1. The average molecular weight is 313 g/mol. The number of fused-ring (bicyclic) bond motifs is 1. The Hall–Kier alpha value is -2.23. The molecule has 3 rings (SSSR count). The molecule has 1 aromatic carbocycles. The molecule has 1 aromatic heterocycles. The molecule has 0 aliphatic carbocycles. The van der Waals surface area contributed by atoms with Crippen LogP contribution in [0.5, 0.6) is 0 Å². The van der Waals surface area contributed by atoms with Crippen molar-refractivity contribution in [1.82, 2.24) is 9.88 Å². The Morgan fingerprint density at radius 3 is 2.57 bits per heavy atom. The Morgan fingerprint density at radius 1 is 1.26 bits per heavy atom. The predicted octanol–water partition coefficient (Wildman–Crippen LogP) is 4.01. The number of nitrogen functional groups attached to an aromatic ring is 1. The maximum absolute atomic E-state index is 12.2. The summed E-state index contributed by atoms with van der Waals surface area (Å²) in [6.45, 7) is 11.1. The maximum Gasteiger partial charge on any atom is 0.268 e. The summed E-state index contributed by atoms with van der Waals surface area (Å²) < 4.78 is 2.18. The lowest BCUT2D eigenvalue weighted by atomic mass is 10.0. The molecule has 1 amide bonds. The number of hydrogen-bond acceptors (Lipinski definition) is 2. The minimum absolute atomic E-state index is 0.00477. The standard InChI is InChI=1S/C17H21N3O.C2H6/c1-10(2)16-9-19-17(21)15-8-14(11(3)20(15)16)12-5-4-6-13(18)7-12;1-2/h4-8,10,16H,9,18H2,1-3H3,(H,19,21);1-2H3/t16-;/m1./s1. The van der Waals surface area contributed by atoms with Gasteiger partial charge in [0.1, 0.15) is 5.69 Å². The lowest BCUT2D eigenvalue weighted by Gasteiger charge is -2.30. The zero-order chi connectivity index (χ0) is 17.1. The van der Waals surface area contributed by atoms with E-state index in [1.165, 1.54) is 0 Å². The van der Waals surface area contributed by atoms with Crippen LogP contribution in [-0.4, -0.2) is 17.0 Å². The Kier molecular flexibility index (Phi) is 5.14. The SMILES string of the molecule is CC.Cc1c(-c2cccc(N)c2)cc2n1[C@@H](C(C)C)CNC2=O. The van der Waals surface area contributed by atoms with Crippen LogP contribution < -0.4 is 11.1 Å². The van der Waals surface area contributed by atoms with Crippen LogP contribution in [-0.2, 0) is 0 Å². The van der Waals surface area contributed by atoms with Crippen LogP contribution in [0, 0.1) is 12.8 Å². The summed E-state index contributed by atoms with van der Waals surface area (Å²) in [5, 5.41) is 2.99. The first kappa shape index (κ1) is 17.1. The number of benzene rings is 1. The van der Waals surface area contributed by atoms with Gasteiger partial charge in [0.05, 0.1) is 6.04 Å². The monoisotopic (exact) mass is 313 g/mol. The van der Waals surface area contributed by atoms with Gasteiger partial charge < -0.3 is 15.6 Å². The molecule has 1 aliphatic heterocycles. The number of carbonyl (C=O) groups is 1. The van der Waals surface area contributed by atoms with Gasteiger partial charge in [0.15, 0.2) is 0 Å². The summed E-state index contributed by atoms with van der Waals surface area (Å²) >= 11 is 0. The van der Waals surface area contributed by atoms with Crippen molar-refractivity contribution in [3.63, 3.8) is 0 Å². The van der Waals surface area contributed by atoms with Gasteiger partial charge in [-0.3, -0.25) is 4.79 Å². The number of amides is 1. The van der Waals surface area contributed by atoms with E-state index in [0.717, 1.165) is 28.2 Å². The molecule has 0 bridgehead atoms. The smallest absolute Gasteiger partial charge is 0.268 e. The van der Waals surface area contributed by atoms with E-state index < -0.39 is 0 Å². The first-order valence-corrected chi connectivity index (χ1v) is 8.35. The van der Waals surface area contributed by atoms with E-state index in [4.69, 9.17) is 5.73 Å². The van der Waals surface area contributed by atoms with Gasteiger partial charge in [-0.15, -0.1) is 0 Å². The van der Waals surface area contributed by atoms with E-state index in [1.54, 1.807) is 0 Å². The third-order valence-electron chi connectivity index (χ3n) is 4.29. The van der Waals surface area contributed by atoms with Crippen molar-refractivity contribution < 1.29 is 4.79 Å². The van der Waals surface area contributed by atoms with Crippen LogP contribution in [0.2, 0.25) is 0 Å². The van der Waals surface area contributed by atoms with Crippen molar-refractivity contribution in [2.24, 2.45) is 5.92 Å². The number of nitrogens with two attached hydrogens (primary N) is 1. The lowest BCUT2D eigenvalue weighted by Crippen LogP contribution is -2.41. The van der Waals surface area contributed by atoms with Crippen molar-refractivity contribution in [2.75, 3.05) is 12.3 Å². The highest BCUT2D eigenvalue weighted by Gasteiger charge is 2.30. The topological polar surface area (TPSA) is 60.0 Å². The fraction of sp³-hybridized carbons (Fsp3) is 0.421. The van der Waals surface area contributed by atoms with Crippen LogP contribution in [0.1, 0.15) is 49.9 Å². The zero-order valence-corrected chi connectivity index (χ0v) is 14.7. The highest BCUT2D eigenvalue weighted by molar-refractivity contribution is 5.95. The van der Waals surface area contributed by atoms with Gasteiger partial charge in [0, 0.05) is 23.5 Å². The number of hydrogen-bond donors (Lipinski definition) is 2. The van der Waals surface area contributed by atoms with Crippen molar-refractivity contribution in [1.29, 1.82) is 0 Å². The molecule has 2 heterocycles. The summed E-state index contributed by atoms with van der Waals surface area (Å²) in [6, 6.07) is 10.1. The molecule has 1 atom stereocenters. The van der Waals surface area contributed by atoms with Crippen LogP contribution in [0.15, 0.2) is 30.3 Å². The minimum atomic E-state index is 0.00477. The Bertz CT molecular complexity index is 701. The van der Waals surface area contributed by atoms with Gasteiger partial charge >= 0.3 is 0 Å². The van der Waals surface area contributed by atoms with Gasteiger partial charge in [-0.25, -0.2) is 0 Å². The molecule has 4 nitrogen and oxygen atoms in total. The molecule has 0 radical (unpaired) electrons. The number of nitrogens with zero attached hydrogens (tertiary/aromatic N) is 1. The molecule has 0 spiro atoms. The average Bonchev–Trinajstić information content (AvgIpc) is 2.88. The van der Waals surface area contributed by atoms with E-state index in [-0.39, 0.29) is 5.91 Å². The first-order valence-electron chi connectivity index (χ1n) is 8.35. The molecule has 124 valence electrons. The van der Waals surface area contributed by atoms with Crippen LogP contribution in [0.3, 0.4) is 0 Å². The maximum atomic E-state index is 12.2. The van der Waals surface area contributed by atoms with Crippen molar-refractivity contribution in [3.8, 4) is 11.1 Å². The molecule has 1 aliphatic rings. The third-order valence-corrected chi connectivity index (χ3v) is 4.29. The Morgan fingerprint density at radius 2 is 1.96 bits per heavy atom. The minimum Gasteiger partial charge on any atom is -0.399 e. The number of nitrogens with one attached hydrogen (secondary N) is 1. The van der Waals surface area contributed by atoms with E-state index in [1.807, 2.05) is 44.2 Å². The first-order chi connectivity index (χ1) is 11.0. The van der Waals surface area contributed by atoms with Crippen LogP contribution >= 0.6 is 0 Å². The van der Waals surface area contributed by atoms with Crippen molar-refractivity contribution in [3.05, 3.63) is 41.7 Å². The predicted molar refractivity (Wildman–Crippen MR) is 96.6 cm³/mol. The highest BCUT2D eigenvalue weighted by atomic mass is 16.2. The van der Waals surface area contributed by atoms with Gasteiger partial charge in [-0.05, 0) is 36.6 Å². The molecule has 0 fully saturated rings. The summed E-state index contributed by atoms with van der Waals surface area (Å²) in [5.41, 5.74) is 10.6. The number of aromatic nitrogens is 1. The second-order valence-electron chi connectivity index (χ2n) is 6.05. The van der Waals surface area contributed by atoms with E-state index in [9.17, 15) is 4.79 Å². The third kappa shape index (κ3) is 3.11. The van der Waals surface area contributed by atoms with Crippen LogP contribution in [0.4, 0.5) is 5.69 Å². The molecule has 3 N–H and O–H groups in total. The Balaban J connectivity index is 0.000000924. The molecular formula is C19H27N3O. The van der Waals surface area contributed by atoms with Crippen molar-refractivity contribution >= 4 is 11.6 Å². The molecule has 0 unspecified atom stereocenters. The van der Waals surface area contributed by atoms with Gasteiger partial charge in [-0.1, -0.05) is 39.8 Å². The molecule has 23 heavy (non-hydrogen) atoms. The van der Waals surface area contributed by atoms with E-state index in [0.29, 0.717) is 18.5 Å². The van der Waals surface area contributed by atoms with E-state index >= 15 is 0 Å². The number of anilines is 1. The zero-order valence-electron chi connectivity index (χ0n) is 14.7. The highest BCUT2D eigenvalue weighted by Crippen LogP contribution is 2.34. The molecular weight excluding hydrogens is 286 g/mol. The lowest BCUT2D eigenvalue weighted by molar-refractivity contribution is 0.0904. The molecule has 4 heteroatoms. The quantitative estimate of drug-likeness (QED) is 0.823. The second kappa shape index (κ2) is 6.90. The molecule has 2 aromatic rings. The van der Waals surface area contributed by atoms with Gasteiger partial charge in [-0.2, -0.15) is 0 Å². The summed E-state index contributed by atoms with van der Waals surface area (Å²) in [5.74, 6) is 0.467. The summed E-state index contributed by atoms with van der Waals surface area (Å²) in [7, 11) is 0. The van der Waals surface area contributed by atoms with Gasteiger partial charge in [0.25, 0.3) is 5.91 Å². The summed E-state index contributed by atoms with van der Waals surface area (Å²) in [4.78, 5) is 12.2. The Labute approximate surface area is 138 Å². The fourth-order valence-corrected chi connectivity index (χ4v) is 3.13. The normalized spacial score (nSPS) is 16.4. The second-order valence-corrected chi connectivity index (χ2v) is 6.05. The molecule has 0 saturated carbocycles. The fourth-order valence-electron chi connectivity index (χ4n) is 3.13. The van der Waals surface area contributed by atoms with Crippen LogP contribution in [0.25, 0.3) is 11.1 Å². The summed E-state index contributed by atoms with van der Waals surface area (Å²) in [6.07, 6.45) is 0. The number of rotatable bonds is 2. The molecule has 0 saturated heterocycles. The van der Waals surface area contributed by atoms with E-state index in [2.05, 4.69) is 30.7 Å².